The lowest BCUT2D eigenvalue weighted by atomic mass is 10.2. The topological polar surface area (TPSA) is 91.0 Å². The third-order valence-corrected chi connectivity index (χ3v) is 5.20. The van der Waals surface area contributed by atoms with Crippen molar-refractivity contribution in [3.05, 3.63) is 71.2 Å². The van der Waals surface area contributed by atoms with E-state index in [1.807, 2.05) is 13.8 Å². The molecule has 1 aliphatic rings. The van der Waals surface area contributed by atoms with E-state index in [4.69, 9.17) is 21.1 Å². The number of esters is 1. The number of cyclic esters (lactones) is 1. The minimum absolute atomic E-state index is 0.0107. The van der Waals surface area contributed by atoms with Crippen molar-refractivity contribution in [3.63, 3.8) is 0 Å². The van der Waals surface area contributed by atoms with Crippen LogP contribution in [-0.2, 0) is 9.53 Å². The van der Waals surface area contributed by atoms with Crippen molar-refractivity contribution in [1.29, 1.82) is 0 Å². The number of hydrogen-bond donors (Lipinski definition) is 0. The van der Waals surface area contributed by atoms with Gasteiger partial charge in [0.15, 0.2) is 5.70 Å². The Hall–Kier alpha value is -2.23. The molecular formula is C19H13Br2ClN2O5. The molecule has 7 nitrogen and oxygen atoms in total. The molecule has 0 spiro atoms. The number of ether oxygens (including phenoxy) is 2. The standard InChI is InChI=1S/C19H13Br2ClN2O5/c1-9(2)28-17-13(20)5-10(6-14(17)21)7-16-19(25)29-18(23-16)12-8-11(24(26)27)3-4-15(12)22/h3-9H,1-2H3/b16-7-. The lowest BCUT2D eigenvalue weighted by Gasteiger charge is -2.14. The summed E-state index contributed by atoms with van der Waals surface area (Å²) in [5.41, 5.74) is 0.690. The van der Waals surface area contributed by atoms with Crippen molar-refractivity contribution in [3.8, 4) is 5.75 Å². The minimum atomic E-state index is -0.683. The molecule has 0 saturated heterocycles. The van der Waals surface area contributed by atoms with Crippen LogP contribution in [0.3, 0.4) is 0 Å². The number of non-ortho nitro benzene ring substituents is 1. The van der Waals surface area contributed by atoms with Crippen molar-refractivity contribution >= 4 is 67.1 Å². The van der Waals surface area contributed by atoms with E-state index >= 15 is 0 Å². The Labute approximate surface area is 187 Å². The Morgan fingerprint density at radius 3 is 2.48 bits per heavy atom. The van der Waals surface area contributed by atoms with Crippen LogP contribution in [0.2, 0.25) is 5.02 Å². The average Bonchev–Trinajstić information content (AvgIpc) is 2.98. The zero-order chi connectivity index (χ0) is 21.3. The summed E-state index contributed by atoms with van der Waals surface area (Å²) in [6, 6.07) is 7.38. The Bertz CT molecular complexity index is 1060. The summed E-state index contributed by atoms with van der Waals surface area (Å²) in [5, 5.41) is 11.2. The highest BCUT2D eigenvalue weighted by molar-refractivity contribution is 9.11. The Balaban J connectivity index is 1.98. The van der Waals surface area contributed by atoms with Gasteiger partial charge in [-0.25, -0.2) is 9.79 Å². The maximum absolute atomic E-state index is 12.2. The van der Waals surface area contributed by atoms with Gasteiger partial charge in [-0.2, -0.15) is 0 Å². The molecule has 1 heterocycles. The van der Waals surface area contributed by atoms with E-state index in [0.717, 1.165) is 0 Å². The molecule has 0 aliphatic carbocycles. The molecular weight excluding hydrogens is 531 g/mol. The summed E-state index contributed by atoms with van der Waals surface area (Å²) >= 11 is 13.0. The van der Waals surface area contributed by atoms with Gasteiger partial charge in [-0.15, -0.1) is 0 Å². The molecule has 0 aromatic heterocycles. The first kappa shape index (κ1) is 21.5. The van der Waals surface area contributed by atoms with Gasteiger partial charge in [0.05, 0.1) is 30.6 Å². The predicted octanol–water partition coefficient (Wildman–Crippen LogP) is 5.90. The van der Waals surface area contributed by atoms with Gasteiger partial charge in [0.2, 0.25) is 5.90 Å². The van der Waals surface area contributed by atoms with Crippen molar-refractivity contribution < 1.29 is 19.2 Å². The zero-order valence-electron chi connectivity index (χ0n) is 15.1. The van der Waals surface area contributed by atoms with E-state index in [1.54, 1.807) is 12.1 Å². The number of rotatable bonds is 5. The summed E-state index contributed by atoms with van der Waals surface area (Å²) < 4.78 is 12.3. The summed E-state index contributed by atoms with van der Waals surface area (Å²) in [7, 11) is 0. The third-order valence-electron chi connectivity index (χ3n) is 3.69. The third kappa shape index (κ3) is 4.85. The fraction of sp³-hybridized carbons (Fsp3) is 0.158. The van der Waals surface area contributed by atoms with Gasteiger partial charge in [0.25, 0.3) is 5.69 Å². The Morgan fingerprint density at radius 1 is 1.24 bits per heavy atom. The Kier molecular flexibility index (Phi) is 6.40. The van der Waals surface area contributed by atoms with Gasteiger partial charge in [-0.05, 0) is 75.5 Å². The number of carbonyl (C=O) groups is 1. The van der Waals surface area contributed by atoms with Crippen LogP contribution in [0.25, 0.3) is 6.08 Å². The Morgan fingerprint density at radius 2 is 1.90 bits per heavy atom. The zero-order valence-corrected chi connectivity index (χ0v) is 19.0. The molecule has 0 amide bonds. The number of aliphatic imine (C=N–C) groups is 1. The van der Waals surface area contributed by atoms with Gasteiger partial charge in [-0.3, -0.25) is 10.1 Å². The van der Waals surface area contributed by atoms with E-state index in [1.165, 1.54) is 24.3 Å². The van der Waals surface area contributed by atoms with Crippen LogP contribution in [0.15, 0.2) is 50.0 Å². The second-order valence-corrected chi connectivity index (χ2v) is 8.35. The fourth-order valence-corrected chi connectivity index (χ4v) is 4.09. The largest absolute Gasteiger partial charge is 0.489 e. The molecule has 0 radical (unpaired) electrons. The molecule has 0 saturated carbocycles. The summed E-state index contributed by atoms with van der Waals surface area (Å²) in [4.78, 5) is 26.8. The number of hydrogen-bond acceptors (Lipinski definition) is 6. The number of benzene rings is 2. The van der Waals surface area contributed by atoms with Crippen molar-refractivity contribution in [2.24, 2.45) is 4.99 Å². The average molecular weight is 545 g/mol. The van der Waals surface area contributed by atoms with Gasteiger partial charge >= 0.3 is 5.97 Å². The maximum atomic E-state index is 12.2. The molecule has 2 aromatic carbocycles. The first-order valence-electron chi connectivity index (χ1n) is 8.28. The lowest BCUT2D eigenvalue weighted by molar-refractivity contribution is -0.384. The van der Waals surface area contributed by atoms with Gasteiger partial charge in [-0.1, -0.05) is 11.6 Å². The van der Waals surface area contributed by atoms with Crippen LogP contribution < -0.4 is 4.74 Å². The summed E-state index contributed by atoms with van der Waals surface area (Å²) in [6.45, 7) is 3.83. The molecule has 2 aromatic rings. The van der Waals surface area contributed by atoms with Crippen molar-refractivity contribution in [2.45, 2.75) is 20.0 Å². The highest BCUT2D eigenvalue weighted by Crippen LogP contribution is 2.36. The first-order valence-corrected chi connectivity index (χ1v) is 10.2. The normalized spacial score (nSPS) is 14.9. The van der Waals surface area contributed by atoms with Crippen molar-refractivity contribution in [1.82, 2.24) is 0 Å². The molecule has 0 bridgehead atoms. The van der Waals surface area contributed by atoms with E-state index in [0.29, 0.717) is 20.3 Å². The maximum Gasteiger partial charge on any atom is 0.363 e. The minimum Gasteiger partial charge on any atom is -0.489 e. The van der Waals surface area contributed by atoms with Crippen LogP contribution in [0.4, 0.5) is 5.69 Å². The summed E-state index contributed by atoms with van der Waals surface area (Å²) in [5.74, 6) is -0.131. The fourth-order valence-electron chi connectivity index (χ4n) is 2.48. The molecule has 0 unspecified atom stereocenters. The first-order chi connectivity index (χ1) is 13.7. The molecule has 150 valence electrons. The van der Waals surface area contributed by atoms with Crippen molar-refractivity contribution in [2.75, 3.05) is 0 Å². The van der Waals surface area contributed by atoms with Crippen LogP contribution in [0.1, 0.15) is 25.0 Å². The molecule has 0 atom stereocenters. The highest BCUT2D eigenvalue weighted by Gasteiger charge is 2.27. The van der Waals surface area contributed by atoms with Gasteiger partial charge < -0.3 is 9.47 Å². The van der Waals surface area contributed by atoms with E-state index < -0.39 is 10.9 Å². The number of carbonyl (C=O) groups excluding carboxylic acids is 1. The molecule has 1 aliphatic heterocycles. The molecule has 0 N–H and O–H groups in total. The van der Waals surface area contributed by atoms with Crippen LogP contribution in [0, 0.1) is 10.1 Å². The summed E-state index contributed by atoms with van der Waals surface area (Å²) in [6.07, 6.45) is 1.53. The van der Waals surface area contributed by atoms with Crippen LogP contribution in [-0.4, -0.2) is 22.9 Å². The van der Waals surface area contributed by atoms with Crippen LogP contribution >= 0.6 is 43.5 Å². The number of halogens is 3. The quantitative estimate of drug-likeness (QED) is 0.202. The van der Waals surface area contributed by atoms with Crippen LogP contribution in [0.5, 0.6) is 5.75 Å². The monoisotopic (exact) mass is 542 g/mol. The predicted molar refractivity (Wildman–Crippen MR) is 116 cm³/mol. The molecule has 10 heteroatoms. The smallest absolute Gasteiger partial charge is 0.363 e. The second-order valence-electron chi connectivity index (χ2n) is 6.24. The SMILES string of the molecule is CC(C)Oc1c(Br)cc(/C=C2\N=C(c3cc([N+](=O)[O-])ccc3Cl)OC2=O)cc1Br. The molecule has 3 rings (SSSR count). The number of nitro groups is 1. The molecule has 29 heavy (non-hydrogen) atoms. The lowest BCUT2D eigenvalue weighted by Crippen LogP contribution is -2.07. The molecule has 0 fully saturated rings. The highest BCUT2D eigenvalue weighted by atomic mass is 79.9. The second kappa shape index (κ2) is 8.64. The van der Waals surface area contributed by atoms with Gasteiger partial charge in [0.1, 0.15) is 5.75 Å². The van der Waals surface area contributed by atoms with E-state index in [-0.39, 0.29) is 34.0 Å². The number of nitro benzene ring substituents is 1. The number of nitrogens with zero attached hydrogens (tertiary/aromatic N) is 2. The van der Waals surface area contributed by atoms with Gasteiger partial charge in [0, 0.05) is 12.1 Å². The van der Waals surface area contributed by atoms with E-state index in [2.05, 4.69) is 36.9 Å². The van der Waals surface area contributed by atoms with E-state index in [9.17, 15) is 14.9 Å².